The molecule has 0 radical (unpaired) electrons. The lowest BCUT2D eigenvalue weighted by Gasteiger charge is -2.24. The lowest BCUT2D eigenvalue weighted by Crippen LogP contribution is -2.28. The third-order valence-electron chi connectivity index (χ3n) is 4.56. The molecular formula is C17H21N7. The fourth-order valence-corrected chi connectivity index (χ4v) is 3.32. The molecule has 0 saturated carbocycles. The summed E-state index contributed by atoms with van der Waals surface area (Å²) < 4.78 is 0. The van der Waals surface area contributed by atoms with Crippen molar-refractivity contribution in [2.75, 3.05) is 43.9 Å². The molecule has 7 heteroatoms. The monoisotopic (exact) mass is 323 g/mol. The van der Waals surface area contributed by atoms with E-state index in [9.17, 15) is 0 Å². The summed E-state index contributed by atoms with van der Waals surface area (Å²) in [5.41, 5.74) is 9.66. The quantitative estimate of drug-likeness (QED) is 0.747. The average Bonchev–Trinajstić information content (AvgIpc) is 2.90. The molecule has 3 N–H and O–H groups in total. The van der Waals surface area contributed by atoms with Gasteiger partial charge in [0.15, 0.2) is 0 Å². The van der Waals surface area contributed by atoms with E-state index in [0.29, 0.717) is 0 Å². The molecule has 1 saturated heterocycles. The number of fused-ring (bicyclic) bond motifs is 1. The van der Waals surface area contributed by atoms with Crippen molar-refractivity contribution < 1.29 is 0 Å². The predicted molar refractivity (Wildman–Crippen MR) is 95.9 cm³/mol. The first-order valence-corrected chi connectivity index (χ1v) is 8.21. The Balaban J connectivity index is 1.83. The first-order valence-electron chi connectivity index (χ1n) is 8.21. The largest absolute Gasteiger partial charge is 0.370 e. The summed E-state index contributed by atoms with van der Waals surface area (Å²) >= 11 is 0. The second-order valence-corrected chi connectivity index (χ2v) is 6.20. The van der Waals surface area contributed by atoms with Gasteiger partial charge in [-0.1, -0.05) is 0 Å². The molecule has 3 aromatic heterocycles. The molecule has 0 amide bonds. The SMILES string of the molecule is CN1CCCN(c2ccnc3[nH]cc(-c4ccnc(N)n4)c23)CC1. The highest BCUT2D eigenvalue weighted by molar-refractivity contribution is 6.02. The number of nitrogens with zero attached hydrogens (tertiary/aromatic N) is 5. The number of hydrogen-bond acceptors (Lipinski definition) is 6. The maximum atomic E-state index is 5.76. The van der Waals surface area contributed by atoms with E-state index in [0.717, 1.165) is 54.9 Å². The summed E-state index contributed by atoms with van der Waals surface area (Å²) in [6, 6.07) is 3.97. The lowest BCUT2D eigenvalue weighted by atomic mass is 10.1. The van der Waals surface area contributed by atoms with Crippen LogP contribution >= 0.6 is 0 Å². The van der Waals surface area contributed by atoms with Crippen molar-refractivity contribution in [3.63, 3.8) is 0 Å². The van der Waals surface area contributed by atoms with E-state index < -0.39 is 0 Å². The normalized spacial score (nSPS) is 16.5. The molecule has 1 fully saturated rings. The third kappa shape index (κ3) is 2.67. The minimum atomic E-state index is 0.281. The molecule has 0 aromatic carbocycles. The first-order chi connectivity index (χ1) is 11.7. The van der Waals surface area contributed by atoms with Gasteiger partial charge in [-0.3, -0.25) is 0 Å². The fourth-order valence-electron chi connectivity index (χ4n) is 3.32. The second-order valence-electron chi connectivity index (χ2n) is 6.20. The molecule has 4 rings (SSSR count). The van der Waals surface area contributed by atoms with Crippen LogP contribution in [0, 0.1) is 0 Å². The van der Waals surface area contributed by atoms with Crippen molar-refractivity contribution in [3.8, 4) is 11.3 Å². The topological polar surface area (TPSA) is 87.0 Å². The Bertz CT molecular complexity index is 857. The van der Waals surface area contributed by atoms with Crippen LogP contribution < -0.4 is 10.6 Å². The average molecular weight is 323 g/mol. The molecule has 7 nitrogen and oxygen atoms in total. The van der Waals surface area contributed by atoms with E-state index in [1.54, 1.807) is 6.20 Å². The molecule has 124 valence electrons. The van der Waals surface area contributed by atoms with Crippen LogP contribution in [0.25, 0.3) is 22.3 Å². The van der Waals surface area contributed by atoms with Crippen LogP contribution in [0.3, 0.4) is 0 Å². The number of anilines is 2. The molecule has 0 spiro atoms. The summed E-state index contributed by atoms with van der Waals surface area (Å²) in [5, 5.41) is 1.10. The number of H-pyrrole nitrogens is 1. The maximum Gasteiger partial charge on any atom is 0.220 e. The van der Waals surface area contributed by atoms with Gasteiger partial charge in [0.05, 0.1) is 16.8 Å². The number of aromatic amines is 1. The van der Waals surface area contributed by atoms with Crippen molar-refractivity contribution in [1.82, 2.24) is 24.8 Å². The second kappa shape index (κ2) is 6.09. The molecule has 1 aliphatic rings. The number of nitrogen functional groups attached to an aromatic ring is 1. The zero-order valence-electron chi connectivity index (χ0n) is 13.7. The van der Waals surface area contributed by atoms with Crippen molar-refractivity contribution in [2.24, 2.45) is 0 Å². The molecular weight excluding hydrogens is 302 g/mol. The predicted octanol–water partition coefficient (Wildman–Crippen LogP) is 1.74. The molecule has 0 aliphatic carbocycles. The van der Waals surface area contributed by atoms with Crippen molar-refractivity contribution in [2.45, 2.75) is 6.42 Å². The molecule has 0 atom stereocenters. The van der Waals surface area contributed by atoms with E-state index in [-0.39, 0.29) is 5.95 Å². The minimum Gasteiger partial charge on any atom is -0.370 e. The van der Waals surface area contributed by atoms with Gasteiger partial charge in [0.1, 0.15) is 5.65 Å². The molecule has 4 heterocycles. The maximum absolute atomic E-state index is 5.76. The first kappa shape index (κ1) is 14.9. The lowest BCUT2D eigenvalue weighted by molar-refractivity contribution is 0.360. The van der Waals surface area contributed by atoms with Crippen molar-refractivity contribution in [3.05, 3.63) is 30.7 Å². The summed E-state index contributed by atoms with van der Waals surface area (Å²) in [6.45, 7) is 4.24. The van der Waals surface area contributed by atoms with E-state index >= 15 is 0 Å². The van der Waals surface area contributed by atoms with Gasteiger partial charge in [0, 0.05) is 43.8 Å². The highest BCUT2D eigenvalue weighted by Crippen LogP contribution is 2.34. The number of nitrogens with one attached hydrogen (secondary N) is 1. The number of aromatic nitrogens is 4. The van der Waals surface area contributed by atoms with E-state index in [4.69, 9.17) is 5.73 Å². The summed E-state index contributed by atoms with van der Waals surface area (Å²) in [7, 11) is 2.18. The Labute approximate surface area is 140 Å². The van der Waals surface area contributed by atoms with Crippen molar-refractivity contribution >= 4 is 22.7 Å². The zero-order valence-corrected chi connectivity index (χ0v) is 13.7. The summed E-state index contributed by atoms with van der Waals surface area (Å²) in [5.74, 6) is 0.281. The summed E-state index contributed by atoms with van der Waals surface area (Å²) in [6.07, 6.45) is 6.65. The molecule has 0 unspecified atom stereocenters. The number of pyridine rings is 1. The van der Waals surface area contributed by atoms with Crippen LogP contribution in [-0.2, 0) is 0 Å². The van der Waals surface area contributed by atoms with Gasteiger partial charge in [-0.25, -0.2) is 15.0 Å². The number of hydrogen-bond donors (Lipinski definition) is 2. The van der Waals surface area contributed by atoms with E-state index in [1.165, 1.54) is 5.69 Å². The Hall–Kier alpha value is -2.67. The molecule has 3 aromatic rings. The Morgan fingerprint density at radius 2 is 1.96 bits per heavy atom. The van der Waals surface area contributed by atoms with Crippen LogP contribution in [0.5, 0.6) is 0 Å². The molecule has 0 bridgehead atoms. The van der Waals surface area contributed by atoms with Crippen LogP contribution in [0.15, 0.2) is 30.7 Å². The Kier molecular flexibility index (Phi) is 3.78. The van der Waals surface area contributed by atoms with Crippen LogP contribution in [-0.4, -0.2) is 58.1 Å². The van der Waals surface area contributed by atoms with Gasteiger partial charge in [-0.2, -0.15) is 0 Å². The van der Waals surface area contributed by atoms with Gasteiger partial charge in [0.25, 0.3) is 0 Å². The van der Waals surface area contributed by atoms with Gasteiger partial charge >= 0.3 is 0 Å². The number of likely N-dealkylation sites (N-methyl/N-ethyl adjacent to an activating group) is 1. The van der Waals surface area contributed by atoms with E-state index in [1.807, 2.05) is 18.5 Å². The Morgan fingerprint density at radius 1 is 1.08 bits per heavy atom. The van der Waals surface area contributed by atoms with Gasteiger partial charge in [0.2, 0.25) is 5.95 Å². The van der Waals surface area contributed by atoms with Crippen LogP contribution in [0.4, 0.5) is 11.6 Å². The molecule has 24 heavy (non-hydrogen) atoms. The number of rotatable bonds is 2. The zero-order chi connectivity index (χ0) is 16.5. The minimum absolute atomic E-state index is 0.281. The van der Waals surface area contributed by atoms with Crippen LogP contribution in [0.1, 0.15) is 6.42 Å². The highest BCUT2D eigenvalue weighted by atomic mass is 15.2. The number of nitrogens with two attached hydrogens (primary N) is 1. The fraction of sp³-hybridized carbons (Fsp3) is 0.353. The van der Waals surface area contributed by atoms with Crippen molar-refractivity contribution in [1.29, 1.82) is 0 Å². The van der Waals surface area contributed by atoms with Gasteiger partial charge in [-0.15, -0.1) is 0 Å². The highest BCUT2D eigenvalue weighted by Gasteiger charge is 2.19. The smallest absolute Gasteiger partial charge is 0.220 e. The summed E-state index contributed by atoms with van der Waals surface area (Å²) in [4.78, 5) is 20.9. The van der Waals surface area contributed by atoms with Gasteiger partial charge in [-0.05, 0) is 32.1 Å². The van der Waals surface area contributed by atoms with E-state index in [2.05, 4.69) is 42.8 Å². The standard InChI is InChI=1S/C17H21N7/c1-23-7-2-8-24(10-9-23)14-4-6-19-16-15(14)12(11-21-16)13-3-5-20-17(18)22-13/h3-6,11H,2,7-10H2,1H3,(H,19,21)(H2,18,20,22). The van der Waals surface area contributed by atoms with Gasteiger partial charge < -0.3 is 20.5 Å². The third-order valence-corrected chi connectivity index (χ3v) is 4.56. The Morgan fingerprint density at radius 3 is 2.83 bits per heavy atom. The molecule has 1 aliphatic heterocycles. The van der Waals surface area contributed by atoms with Crippen LogP contribution in [0.2, 0.25) is 0 Å².